The Labute approximate surface area is 136 Å². The molecule has 0 fully saturated rings. The van der Waals surface area contributed by atoms with E-state index in [9.17, 15) is 9.90 Å². The highest BCUT2D eigenvalue weighted by Crippen LogP contribution is 2.33. The maximum Gasteiger partial charge on any atom is 0.270 e. The van der Waals surface area contributed by atoms with Gasteiger partial charge in [0.2, 0.25) is 0 Å². The van der Waals surface area contributed by atoms with E-state index < -0.39 is 0 Å². The van der Waals surface area contributed by atoms with Gasteiger partial charge in [0.05, 0.1) is 13.7 Å². The highest BCUT2D eigenvalue weighted by Gasteiger charge is 2.30. The van der Waals surface area contributed by atoms with E-state index in [0.717, 1.165) is 60.3 Å². The van der Waals surface area contributed by atoms with Crippen molar-refractivity contribution in [3.63, 3.8) is 0 Å². The summed E-state index contributed by atoms with van der Waals surface area (Å²) in [5.74, 6) is 0.880. The first-order chi connectivity index (χ1) is 11.2. The number of rotatable bonds is 6. The Hall–Kier alpha value is -2.01. The summed E-state index contributed by atoms with van der Waals surface area (Å²) in [6.07, 6.45) is 2.95. The molecule has 0 radical (unpaired) electrons. The highest BCUT2D eigenvalue weighted by atomic mass is 16.5. The maximum absolute atomic E-state index is 12.9. The van der Waals surface area contributed by atoms with E-state index in [2.05, 4.69) is 6.92 Å². The molecule has 23 heavy (non-hydrogen) atoms. The molecule has 124 valence electrons. The van der Waals surface area contributed by atoms with Crippen LogP contribution in [-0.2, 0) is 13.0 Å². The lowest BCUT2D eigenvalue weighted by Gasteiger charge is -2.28. The summed E-state index contributed by atoms with van der Waals surface area (Å²) in [7, 11) is 1.65. The summed E-state index contributed by atoms with van der Waals surface area (Å²) in [6.45, 7) is 4.16. The number of ether oxygens (including phenoxy) is 1. The van der Waals surface area contributed by atoms with Crippen LogP contribution in [0.3, 0.4) is 0 Å². The molecule has 1 amide bonds. The zero-order valence-electron chi connectivity index (χ0n) is 13.8. The predicted octanol–water partition coefficient (Wildman–Crippen LogP) is 2.44. The normalized spacial score (nSPS) is 14.4. The molecule has 1 aliphatic rings. The van der Waals surface area contributed by atoms with Gasteiger partial charge in [0.25, 0.3) is 5.91 Å². The SMILES string of the molecule is CCCCN1CCc2c(n(CCO)c3ccc(OC)cc23)C1=O. The third-order valence-electron chi connectivity index (χ3n) is 4.60. The Kier molecular flexibility index (Phi) is 4.57. The number of aliphatic hydroxyl groups excluding tert-OH is 1. The first-order valence-corrected chi connectivity index (χ1v) is 8.30. The second-order valence-electron chi connectivity index (χ2n) is 5.98. The number of hydrogen-bond donors (Lipinski definition) is 1. The van der Waals surface area contributed by atoms with Crippen LogP contribution in [0.4, 0.5) is 0 Å². The molecule has 2 heterocycles. The van der Waals surface area contributed by atoms with Crippen molar-refractivity contribution in [1.29, 1.82) is 0 Å². The molecule has 3 rings (SSSR count). The van der Waals surface area contributed by atoms with E-state index in [0.29, 0.717) is 6.54 Å². The van der Waals surface area contributed by atoms with Gasteiger partial charge in [-0.25, -0.2) is 0 Å². The average molecular weight is 316 g/mol. The van der Waals surface area contributed by atoms with E-state index in [1.54, 1.807) is 7.11 Å². The van der Waals surface area contributed by atoms with E-state index in [-0.39, 0.29) is 12.5 Å². The molecule has 5 heteroatoms. The van der Waals surface area contributed by atoms with Gasteiger partial charge in [-0.2, -0.15) is 0 Å². The second-order valence-corrected chi connectivity index (χ2v) is 5.98. The van der Waals surface area contributed by atoms with E-state index in [4.69, 9.17) is 4.74 Å². The lowest BCUT2D eigenvalue weighted by atomic mass is 10.0. The molecule has 0 spiro atoms. The van der Waals surface area contributed by atoms with Crippen LogP contribution in [0, 0.1) is 0 Å². The lowest BCUT2D eigenvalue weighted by Crippen LogP contribution is -2.39. The van der Waals surface area contributed by atoms with Crippen LogP contribution in [0.25, 0.3) is 10.9 Å². The molecule has 1 aromatic heterocycles. The number of aromatic nitrogens is 1. The molecule has 0 saturated carbocycles. The summed E-state index contributed by atoms with van der Waals surface area (Å²) in [6, 6.07) is 5.88. The van der Waals surface area contributed by atoms with Crippen LogP contribution in [0.1, 0.15) is 35.8 Å². The van der Waals surface area contributed by atoms with Crippen molar-refractivity contribution in [2.45, 2.75) is 32.7 Å². The molecule has 0 saturated heterocycles. The van der Waals surface area contributed by atoms with Crippen LogP contribution in [0.2, 0.25) is 0 Å². The van der Waals surface area contributed by atoms with Crippen molar-refractivity contribution in [3.8, 4) is 5.75 Å². The minimum Gasteiger partial charge on any atom is -0.497 e. The van der Waals surface area contributed by atoms with E-state index in [1.165, 1.54) is 0 Å². The number of aliphatic hydroxyl groups is 1. The van der Waals surface area contributed by atoms with Crippen LogP contribution in [0.5, 0.6) is 5.75 Å². The lowest BCUT2D eigenvalue weighted by molar-refractivity contribution is 0.0725. The molecule has 0 atom stereocenters. The number of carbonyl (C=O) groups is 1. The van der Waals surface area contributed by atoms with Crippen LogP contribution in [-0.4, -0.2) is 47.3 Å². The molecule has 1 N–H and O–H groups in total. The van der Waals surface area contributed by atoms with Crippen LogP contribution < -0.4 is 4.74 Å². The summed E-state index contributed by atoms with van der Waals surface area (Å²) in [5, 5.41) is 10.5. The third kappa shape index (κ3) is 2.70. The van der Waals surface area contributed by atoms with Gasteiger partial charge < -0.3 is 19.3 Å². The van der Waals surface area contributed by atoms with Gasteiger partial charge >= 0.3 is 0 Å². The Morgan fingerprint density at radius 1 is 1.30 bits per heavy atom. The average Bonchev–Trinajstić information content (AvgIpc) is 2.88. The quantitative estimate of drug-likeness (QED) is 0.890. The summed E-state index contributed by atoms with van der Waals surface area (Å²) in [4.78, 5) is 14.9. The number of hydrogen-bond acceptors (Lipinski definition) is 3. The van der Waals surface area contributed by atoms with Crippen molar-refractivity contribution >= 4 is 16.8 Å². The number of benzene rings is 1. The Morgan fingerprint density at radius 2 is 2.13 bits per heavy atom. The van der Waals surface area contributed by atoms with Gasteiger partial charge in [-0.15, -0.1) is 0 Å². The van der Waals surface area contributed by atoms with Crippen molar-refractivity contribution in [2.75, 3.05) is 26.8 Å². The minimum absolute atomic E-state index is 0.0183. The molecule has 1 aliphatic heterocycles. The second kappa shape index (κ2) is 6.62. The van der Waals surface area contributed by atoms with E-state index in [1.807, 2.05) is 27.7 Å². The van der Waals surface area contributed by atoms with Gasteiger partial charge in [0.15, 0.2) is 0 Å². The molecule has 1 aromatic carbocycles. The van der Waals surface area contributed by atoms with Gasteiger partial charge in [-0.05, 0) is 36.6 Å². The molecular weight excluding hydrogens is 292 g/mol. The first-order valence-electron chi connectivity index (χ1n) is 8.30. The van der Waals surface area contributed by atoms with Gasteiger partial charge in [-0.3, -0.25) is 4.79 Å². The fourth-order valence-electron chi connectivity index (χ4n) is 3.42. The number of fused-ring (bicyclic) bond motifs is 3. The fourth-order valence-corrected chi connectivity index (χ4v) is 3.42. The molecule has 0 unspecified atom stereocenters. The minimum atomic E-state index is 0.0183. The van der Waals surface area contributed by atoms with Gasteiger partial charge in [0.1, 0.15) is 11.4 Å². The summed E-state index contributed by atoms with van der Waals surface area (Å²) in [5.41, 5.74) is 2.82. The van der Waals surface area contributed by atoms with Crippen LogP contribution in [0.15, 0.2) is 18.2 Å². The molecule has 0 aliphatic carbocycles. The standard InChI is InChI=1S/C18H24N2O3/c1-3-4-8-19-9-7-14-15-12-13(23-2)5-6-16(15)20(10-11-21)17(14)18(19)22/h5-6,12,21H,3-4,7-11H2,1-2H3. The summed E-state index contributed by atoms with van der Waals surface area (Å²) < 4.78 is 7.29. The molecule has 5 nitrogen and oxygen atoms in total. The van der Waals surface area contributed by atoms with Crippen molar-refractivity contribution in [3.05, 3.63) is 29.5 Å². The molecular formula is C18H24N2O3. The van der Waals surface area contributed by atoms with Crippen LogP contribution >= 0.6 is 0 Å². The number of unbranched alkanes of at least 4 members (excludes halogenated alkanes) is 1. The largest absolute Gasteiger partial charge is 0.497 e. The monoisotopic (exact) mass is 316 g/mol. The smallest absolute Gasteiger partial charge is 0.270 e. The van der Waals surface area contributed by atoms with Crippen molar-refractivity contribution < 1.29 is 14.6 Å². The van der Waals surface area contributed by atoms with Gasteiger partial charge in [-0.1, -0.05) is 13.3 Å². The zero-order valence-corrected chi connectivity index (χ0v) is 13.8. The highest BCUT2D eigenvalue weighted by molar-refractivity contribution is 6.03. The Morgan fingerprint density at radius 3 is 2.83 bits per heavy atom. The Bertz CT molecular complexity index is 721. The third-order valence-corrected chi connectivity index (χ3v) is 4.60. The number of carbonyl (C=O) groups excluding carboxylic acids is 1. The van der Waals surface area contributed by atoms with Gasteiger partial charge in [0, 0.05) is 30.5 Å². The number of amides is 1. The van der Waals surface area contributed by atoms with Crippen molar-refractivity contribution in [1.82, 2.24) is 9.47 Å². The zero-order chi connectivity index (χ0) is 16.4. The maximum atomic E-state index is 12.9. The predicted molar refractivity (Wildman–Crippen MR) is 90.1 cm³/mol. The number of methoxy groups -OCH3 is 1. The van der Waals surface area contributed by atoms with E-state index >= 15 is 0 Å². The summed E-state index contributed by atoms with van der Waals surface area (Å²) >= 11 is 0. The molecule has 0 bridgehead atoms. The number of nitrogens with zero attached hydrogens (tertiary/aromatic N) is 2. The topological polar surface area (TPSA) is 54.7 Å². The van der Waals surface area contributed by atoms with Crippen molar-refractivity contribution in [2.24, 2.45) is 0 Å². The Balaban J connectivity index is 2.11. The first kappa shape index (κ1) is 15.9. The molecule has 2 aromatic rings. The fraction of sp³-hybridized carbons (Fsp3) is 0.500.